The maximum atomic E-state index is 13.0. The lowest BCUT2D eigenvalue weighted by atomic mass is 9.62. The van der Waals surface area contributed by atoms with Crippen LogP contribution in [-0.4, -0.2) is 43.4 Å². The molecule has 3 aliphatic rings. The van der Waals surface area contributed by atoms with Crippen molar-refractivity contribution in [2.24, 2.45) is 0 Å². The summed E-state index contributed by atoms with van der Waals surface area (Å²) in [6.07, 6.45) is 0.269. The highest BCUT2D eigenvalue weighted by Crippen LogP contribution is 2.59. The van der Waals surface area contributed by atoms with Gasteiger partial charge in [0.05, 0.1) is 24.0 Å². The summed E-state index contributed by atoms with van der Waals surface area (Å²) in [5.74, 6) is 0.193. The third-order valence-electron chi connectivity index (χ3n) is 6.20. The molecule has 174 valence electrons. The summed E-state index contributed by atoms with van der Waals surface area (Å²) in [6.45, 7) is 6.33. The van der Waals surface area contributed by atoms with Gasteiger partial charge in [0.15, 0.2) is 5.78 Å². The molecule has 3 aromatic rings. The maximum absolute atomic E-state index is 13.0. The number of hydrogen-bond acceptors (Lipinski definition) is 6. The number of imidazole rings is 1. The number of halogens is 3. The molecule has 0 unspecified atom stereocenters. The lowest BCUT2D eigenvalue weighted by Crippen LogP contribution is -2.45. The van der Waals surface area contributed by atoms with Crippen molar-refractivity contribution < 1.29 is 23.0 Å². The van der Waals surface area contributed by atoms with E-state index in [0.29, 0.717) is 23.1 Å². The Balaban J connectivity index is 1.52. The molecule has 1 aliphatic carbocycles. The maximum Gasteiger partial charge on any atom is 0.280 e. The van der Waals surface area contributed by atoms with Gasteiger partial charge in [0.1, 0.15) is 16.5 Å². The Morgan fingerprint density at radius 3 is 2.67 bits per heavy atom. The molecule has 0 aromatic carbocycles. The Morgan fingerprint density at radius 1 is 1.27 bits per heavy atom. The van der Waals surface area contributed by atoms with Crippen LogP contribution in [0.1, 0.15) is 67.5 Å². The minimum Gasteiger partial charge on any atom is -0.475 e. The van der Waals surface area contributed by atoms with E-state index in [-0.39, 0.29) is 35.1 Å². The molecule has 2 aliphatic heterocycles. The zero-order valence-electron chi connectivity index (χ0n) is 18.4. The summed E-state index contributed by atoms with van der Waals surface area (Å²) in [4.78, 5) is 25.9. The molecule has 0 amide bonds. The van der Waals surface area contributed by atoms with E-state index in [0.717, 1.165) is 18.5 Å². The molecule has 7 nitrogen and oxygen atoms in total. The highest BCUT2D eigenvalue weighted by Gasteiger charge is 2.62. The van der Waals surface area contributed by atoms with Gasteiger partial charge in [0.2, 0.25) is 11.7 Å². The van der Waals surface area contributed by atoms with Crippen molar-refractivity contribution in [3.8, 4) is 5.88 Å². The summed E-state index contributed by atoms with van der Waals surface area (Å²) in [7, 11) is 0. The van der Waals surface area contributed by atoms with Gasteiger partial charge in [-0.2, -0.15) is 4.98 Å². The van der Waals surface area contributed by atoms with Gasteiger partial charge in [0.25, 0.3) is 6.43 Å². The van der Waals surface area contributed by atoms with Gasteiger partial charge in [-0.3, -0.25) is 9.20 Å². The third kappa shape index (κ3) is 3.77. The second kappa shape index (κ2) is 7.70. The van der Waals surface area contributed by atoms with Crippen LogP contribution in [-0.2, 0) is 16.6 Å². The molecule has 2 bridgehead atoms. The van der Waals surface area contributed by atoms with Gasteiger partial charge >= 0.3 is 0 Å². The van der Waals surface area contributed by atoms with Crippen LogP contribution in [0, 0.1) is 0 Å². The van der Waals surface area contributed by atoms with Crippen LogP contribution in [0.3, 0.4) is 0 Å². The zero-order chi connectivity index (χ0) is 23.5. The highest BCUT2D eigenvalue weighted by molar-refractivity contribution is 6.30. The number of Topliss-reactive ketones (excluding diaryl/α,β-unsaturated/α-hetero) is 1. The minimum absolute atomic E-state index is 0.0449. The van der Waals surface area contributed by atoms with Gasteiger partial charge in [-0.15, -0.1) is 0 Å². The van der Waals surface area contributed by atoms with Gasteiger partial charge < -0.3 is 9.47 Å². The standard InChI is InChI=1S/C23H23ClF2N4O3/c1-12(2)33-20-13(7-16(31)14-5-4-6-15(27-14)19(25)26)8-30-18(24)17(28-21(30)29-20)23-9-22(3,10-23)32-11-23/h4-6,8,12,19H,7,9-11H2,1-3H3. The second-order valence-corrected chi connectivity index (χ2v) is 9.74. The largest absolute Gasteiger partial charge is 0.475 e. The van der Waals surface area contributed by atoms with E-state index < -0.39 is 17.9 Å². The first-order valence-electron chi connectivity index (χ1n) is 10.8. The number of ketones is 1. The van der Waals surface area contributed by atoms with E-state index in [9.17, 15) is 13.6 Å². The van der Waals surface area contributed by atoms with E-state index in [1.165, 1.54) is 18.2 Å². The zero-order valence-corrected chi connectivity index (χ0v) is 19.2. The van der Waals surface area contributed by atoms with Gasteiger partial charge in [-0.1, -0.05) is 17.7 Å². The molecule has 0 radical (unpaired) electrons. The molecule has 5 heterocycles. The number of alkyl halides is 2. The van der Waals surface area contributed by atoms with Crippen LogP contribution >= 0.6 is 11.6 Å². The Morgan fingerprint density at radius 2 is 2.03 bits per heavy atom. The number of pyridine rings is 1. The molecule has 6 rings (SSSR count). The van der Waals surface area contributed by atoms with E-state index in [1.54, 1.807) is 10.6 Å². The fourth-order valence-corrected chi connectivity index (χ4v) is 5.24. The molecular formula is C23H23ClF2N4O3. The van der Waals surface area contributed by atoms with Crippen LogP contribution in [0.2, 0.25) is 5.15 Å². The Kier molecular flexibility index (Phi) is 5.17. The lowest BCUT2D eigenvalue weighted by molar-refractivity contribution is 0.0154. The Bertz CT molecular complexity index is 1250. The number of nitrogens with zero attached hydrogens (tertiary/aromatic N) is 4. The fourth-order valence-electron chi connectivity index (χ4n) is 4.88. The summed E-state index contributed by atoms with van der Waals surface area (Å²) in [6, 6.07) is 3.99. The average molecular weight is 477 g/mol. The smallest absolute Gasteiger partial charge is 0.280 e. The van der Waals surface area contributed by atoms with E-state index >= 15 is 0 Å². The van der Waals surface area contributed by atoms with Crippen molar-refractivity contribution in [3.05, 3.63) is 52.2 Å². The van der Waals surface area contributed by atoms with Crippen LogP contribution < -0.4 is 4.74 Å². The molecule has 1 saturated carbocycles. The number of carbonyl (C=O) groups excluding carboxylic acids is 1. The van der Waals surface area contributed by atoms with Crippen LogP contribution in [0.5, 0.6) is 5.88 Å². The number of rotatable bonds is 7. The SMILES string of the molecule is CC(C)Oc1nc2nc(C34COC(C)(C3)C4)c(Cl)n2cc1CC(=O)c1cccc(C(F)F)n1. The predicted molar refractivity (Wildman–Crippen MR) is 116 cm³/mol. The molecular weight excluding hydrogens is 454 g/mol. The monoisotopic (exact) mass is 476 g/mol. The third-order valence-corrected chi connectivity index (χ3v) is 6.56. The Labute approximate surface area is 194 Å². The summed E-state index contributed by atoms with van der Waals surface area (Å²) in [5.41, 5.74) is 0.355. The predicted octanol–water partition coefficient (Wildman–Crippen LogP) is 4.75. The van der Waals surface area contributed by atoms with Gasteiger partial charge in [-0.25, -0.2) is 18.7 Å². The van der Waals surface area contributed by atoms with Crippen molar-refractivity contribution in [3.63, 3.8) is 0 Å². The summed E-state index contributed by atoms with van der Waals surface area (Å²) in [5, 5.41) is 0.424. The highest BCUT2D eigenvalue weighted by atomic mass is 35.5. The van der Waals surface area contributed by atoms with Crippen LogP contribution in [0.4, 0.5) is 8.78 Å². The topological polar surface area (TPSA) is 78.6 Å². The first-order valence-corrected chi connectivity index (χ1v) is 11.1. The van der Waals surface area contributed by atoms with Crippen molar-refractivity contribution in [2.45, 2.75) is 63.6 Å². The first kappa shape index (κ1) is 22.2. The van der Waals surface area contributed by atoms with Crippen molar-refractivity contribution in [1.29, 1.82) is 0 Å². The second-order valence-electron chi connectivity index (χ2n) is 9.38. The quantitative estimate of drug-likeness (QED) is 0.458. The molecule has 0 spiro atoms. The van der Waals surface area contributed by atoms with Gasteiger partial charge in [-0.05, 0) is 45.7 Å². The number of carbonyl (C=O) groups is 1. The molecule has 3 fully saturated rings. The summed E-state index contributed by atoms with van der Waals surface area (Å²) >= 11 is 6.72. The molecule has 0 atom stereocenters. The van der Waals surface area contributed by atoms with E-state index in [4.69, 9.17) is 26.1 Å². The van der Waals surface area contributed by atoms with Gasteiger partial charge in [0, 0.05) is 23.6 Å². The minimum atomic E-state index is -2.76. The van der Waals surface area contributed by atoms with Crippen molar-refractivity contribution >= 4 is 23.2 Å². The van der Waals surface area contributed by atoms with Crippen LogP contribution in [0.15, 0.2) is 24.4 Å². The van der Waals surface area contributed by atoms with E-state index in [1.807, 2.05) is 13.8 Å². The molecule has 10 heteroatoms. The van der Waals surface area contributed by atoms with Crippen molar-refractivity contribution in [1.82, 2.24) is 19.4 Å². The van der Waals surface area contributed by atoms with Crippen LogP contribution in [0.25, 0.3) is 5.78 Å². The lowest BCUT2D eigenvalue weighted by Gasteiger charge is -2.41. The molecule has 2 saturated heterocycles. The first-order chi connectivity index (χ1) is 15.6. The van der Waals surface area contributed by atoms with Crippen molar-refractivity contribution in [2.75, 3.05) is 6.61 Å². The average Bonchev–Trinajstić information content (AvgIpc) is 3.37. The number of ether oxygens (including phenoxy) is 2. The molecule has 3 aromatic heterocycles. The number of fused-ring (bicyclic) bond motifs is 2. The summed E-state index contributed by atoms with van der Waals surface area (Å²) < 4.78 is 39.4. The fraction of sp³-hybridized carbons (Fsp3) is 0.478. The van der Waals surface area contributed by atoms with E-state index in [2.05, 4.69) is 16.9 Å². The Hall–Kier alpha value is -2.65. The normalized spacial score (nSPS) is 24.0. The number of aromatic nitrogens is 4. The molecule has 33 heavy (non-hydrogen) atoms. The number of hydrogen-bond donors (Lipinski definition) is 0. The molecule has 0 N–H and O–H groups in total.